The van der Waals surface area contributed by atoms with Crippen LogP contribution < -0.4 is 10.6 Å². The number of halogens is 3. The monoisotopic (exact) mass is 348 g/mol. The average molecular weight is 348 g/mol. The van der Waals surface area contributed by atoms with Crippen molar-refractivity contribution in [1.29, 1.82) is 0 Å². The van der Waals surface area contributed by atoms with Gasteiger partial charge in [-0.2, -0.15) is 13.2 Å². The summed E-state index contributed by atoms with van der Waals surface area (Å²) in [6.45, 7) is 1.15. The molecule has 7 nitrogen and oxygen atoms in total. The molecule has 24 heavy (non-hydrogen) atoms. The Hall–Kier alpha value is -2.49. The van der Waals surface area contributed by atoms with Crippen LogP contribution in [0, 0.1) is 5.92 Å². The zero-order chi connectivity index (χ0) is 18.1. The molecule has 2 amide bonds. The lowest BCUT2D eigenvalue weighted by atomic mass is 9.81. The van der Waals surface area contributed by atoms with Crippen molar-refractivity contribution in [2.75, 3.05) is 6.61 Å². The fraction of sp³-hybridized carbons (Fsp3) is 0.429. The standard InChI is InChI=1S/C14H15F3N2O5/c1-2-24-11(21)9-10(7-5-3-4-6-8(7)20)18-12(22)19-13(9,23)14(15,16)17/h3-6,9-10,20,23H,2H2,1H3,(H2,18,19,22)/t9-,10+,13-/m1/s1. The number of para-hydroxylation sites is 1. The third kappa shape index (κ3) is 2.96. The predicted octanol–water partition coefficient (Wildman–Crippen LogP) is 1.18. The second-order valence-corrected chi connectivity index (χ2v) is 5.13. The fourth-order valence-corrected chi connectivity index (χ4v) is 2.55. The van der Waals surface area contributed by atoms with Crippen molar-refractivity contribution in [1.82, 2.24) is 10.6 Å². The third-order valence-electron chi connectivity index (χ3n) is 3.62. The molecule has 1 heterocycles. The molecule has 2 rings (SSSR count). The molecule has 0 saturated carbocycles. The van der Waals surface area contributed by atoms with Crippen molar-refractivity contribution in [3.63, 3.8) is 0 Å². The lowest BCUT2D eigenvalue weighted by Crippen LogP contribution is -2.73. The molecule has 1 saturated heterocycles. The molecule has 4 N–H and O–H groups in total. The number of urea groups is 1. The van der Waals surface area contributed by atoms with Crippen molar-refractivity contribution in [3.8, 4) is 5.75 Å². The number of phenols is 1. The number of phenolic OH excluding ortho intramolecular Hbond substituents is 1. The number of benzene rings is 1. The van der Waals surface area contributed by atoms with Crippen LogP contribution in [0.25, 0.3) is 0 Å². The predicted molar refractivity (Wildman–Crippen MR) is 73.6 cm³/mol. The van der Waals surface area contributed by atoms with E-state index in [4.69, 9.17) is 0 Å². The zero-order valence-corrected chi connectivity index (χ0v) is 12.4. The van der Waals surface area contributed by atoms with Gasteiger partial charge in [-0.1, -0.05) is 18.2 Å². The first-order chi connectivity index (χ1) is 11.1. The molecule has 132 valence electrons. The van der Waals surface area contributed by atoms with Crippen molar-refractivity contribution >= 4 is 12.0 Å². The van der Waals surface area contributed by atoms with Crippen LogP contribution in [0.3, 0.4) is 0 Å². The summed E-state index contributed by atoms with van der Waals surface area (Å²) in [5.41, 5.74) is -4.01. The number of rotatable bonds is 3. The number of esters is 1. The Labute approximate surface area is 134 Å². The molecule has 1 fully saturated rings. The van der Waals surface area contributed by atoms with Gasteiger partial charge in [-0.3, -0.25) is 4.79 Å². The van der Waals surface area contributed by atoms with Gasteiger partial charge >= 0.3 is 18.2 Å². The highest BCUT2D eigenvalue weighted by Crippen LogP contribution is 2.44. The Morgan fingerprint density at radius 3 is 2.54 bits per heavy atom. The van der Waals surface area contributed by atoms with Gasteiger partial charge in [0.1, 0.15) is 11.7 Å². The third-order valence-corrected chi connectivity index (χ3v) is 3.62. The van der Waals surface area contributed by atoms with Crippen molar-refractivity contribution < 1.29 is 37.7 Å². The van der Waals surface area contributed by atoms with E-state index in [1.54, 1.807) is 0 Å². The molecule has 1 aliphatic heterocycles. The van der Waals surface area contributed by atoms with Gasteiger partial charge in [0.05, 0.1) is 12.6 Å². The zero-order valence-electron chi connectivity index (χ0n) is 12.4. The van der Waals surface area contributed by atoms with Crippen LogP contribution in [0.15, 0.2) is 24.3 Å². The van der Waals surface area contributed by atoms with Crippen molar-refractivity contribution in [2.45, 2.75) is 24.9 Å². The number of aromatic hydroxyl groups is 1. The van der Waals surface area contributed by atoms with E-state index in [0.29, 0.717) is 0 Å². The number of alkyl halides is 3. The van der Waals surface area contributed by atoms with E-state index in [1.165, 1.54) is 36.5 Å². The molecule has 0 unspecified atom stereocenters. The van der Waals surface area contributed by atoms with Gasteiger partial charge in [0.25, 0.3) is 5.72 Å². The molecule has 1 aromatic rings. The highest BCUT2D eigenvalue weighted by Gasteiger charge is 2.67. The topological polar surface area (TPSA) is 108 Å². The molecule has 0 bridgehead atoms. The molecule has 0 aromatic heterocycles. The first-order valence-corrected chi connectivity index (χ1v) is 6.94. The number of aliphatic hydroxyl groups is 1. The Bertz CT molecular complexity index is 652. The highest BCUT2D eigenvalue weighted by molar-refractivity contribution is 5.83. The van der Waals surface area contributed by atoms with E-state index in [1.807, 2.05) is 0 Å². The lowest BCUT2D eigenvalue weighted by molar-refractivity contribution is -0.294. The maximum Gasteiger partial charge on any atom is 0.437 e. The van der Waals surface area contributed by atoms with Gasteiger partial charge in [-0.05, 0) is 13.0 Å². The molecule has 1 aliphatic rings. The minimum Gasteiger partial charge on any atom is -0.508 e. The van der Waals surface area contributed by atoms with E-state index >= 15 is 0 Å². The van der Waals surface area contributed by atoms with Gasteiger partial charge in [0.15, 0.2) is 0 Å². The summed E-state index contributed by atoms with van der Waals surface area (Å²) in [4.78, 5) is 23.7. The number of nitrogens with one attached hydrogen (secondary N) is 2. The minimum atomic E-state index is -5.36. The second-order valence-electron chi connectivity index (χ2n) is 5.13. The quantitative estimate of drug-likeness (QED) is 0.614. The summed E-state index contributed by atoms with van der Waals surface area (Å²) in [7, 11) is 0. The van der Waals surface area contributed by atoms with Crippen LogP contribution in [-0.4, -0.2) is 40.7 Å². The van der Waals surface area contributed by atoms with Gasteiger partial charge < -0.3 is 25.6 Å². The smallest absolute Gasteiger partial charge is 0.437 e. The summed E-state index contributed by atoms with van der Waals surface area (Å²) in [5, 5.41) is 23.4. The number of ether oxygens (including phenoxy) is 1. The van der Waals surface area contributed by atoms with Crippen molar-refractivity contribution in [2.24, 2.45) is 5.92 Å². The first kappa shape index (κ1) is 17.9. The summed E-state index contributed by atoms with van der Waals surface area (Å²) >= 11 is 0. The van der Waals surface area contributed by atoms with Gasteiger partial charge in [-0.15, -0.1) is 0 Å². The van der Waals surface area contributed by atoms with Gasteiger partial charge in [0, 0.05) is 5.56 Å². The van der Waals surface area contributed by atoms with Crippen LogP contribution in [0.4, 0.5) is 18.0 Å². The number of hydrogen-bond acceptors (Lipinski definition) is 5. The van der Waals surface area contributed by atoms with E-state index in [2.05, 4.69) is 10.1 Å². The largest absolute Gasteiger partial charge is 0.508 e. The number of amides is 2. The summed E-state index contributed by atoms with van der Waals surface area (Å²) in [6.07, 6.45) is -5.36. The molecular weight excluding hydrogens is 333 g/mol. The summed E-state index contributed by atoms with van der Waals surface area (Å²) in [5.74, 6) is -4.08. The number of carbonyl (C=O) groups is 2. The minimum absolute atomic E-state index is 0.159. The number of carbonyl (C=O) groups excluding carboxylic acids is 2. The SMILES string of the molecule is CCOC(=O)[C@H]1[C@H](c2ccccc2O)NC(=O)N[C@]1(O)C(F)(F)F. The second kappa shape index (κ2) is 6.19. The van der Waals surface area contributed by atoms with Crippen LogP contribution in [0.5, 0.6) is 5.75 Å². The molecule has 0 aliphatic carbocycles. The van der Waals surface area contributed by atoms with E-state index in [0.717, 1.165) is 0 Å². The molecule has 0 radical (unpaired) electrons. The van der Waals surface area contributed by atoms with Gasteiger partial charge in [0.2, 0.25) is 0 Å². The van der Waals surface area contributed by atoms with Crippen LogP contribution in [-0.2, 0) is 9.53 Å². The van der Waals surface area contributed by atoms with Crippen LogP contribution in [0.2, 0.25) is 0 Å². The first-order valence-electron chi connectivity index (χ1n) is 6.94. The van der Waals surface area contributed by atoms with E-state index in [-0.39, 0.29) is 12.2 Å². The number of hydrogen-bond donors (Lipinski definition) is 4. The molecular formula is C14H15F3N2O5. The Morgan fingerprint density at radius 2 is 2.00 bits per heavy atom. The molecule has 10 heteroatoms. The van der Waals surface area contributed by atoms with E-state index < -0.39 is 41.6 Å². The Kier molecular flexibility index (Phi) is 4.61. The molecule has 3 atom stereocenters. The van der Waals surface area contributed by atoms with E-state index in [9.17, 15) is 33.0 Å². The van der Waals surface area contributed by atoms with Crippen LogP contribution in [0.1, 0.15) is 18.5 Å². The average Bonchev–Trinajstić information content (AvgIpc) is 2.45. The van der Waals surface area contributed by atoms with Crippen molar-refractivity contribution in [3.05, 3.63) is 29.8 Å². The van der Waals surface area contributed by atoms with Crippen LogP contribution >= 0.6 is 0 Å². The highest BCUT2D eigenvalue weighted by atomic mass is 19.4. The molecule has 1 aromatic carbocycles. The maximum absolute atomic E-state index is 13.4. The Morgan fingerprint density at radius 1 is 1.38 bits per heavy atom. The normalized spacial score (nSPS) is 27.1. The summed E-state index contributed by atoms with van der Waals surface area (Å²) < 4.78 is 44.8. The fourth-order valence-electron chi connectivity index (χ4n) is 2.55. The lowest BCUT2D eigenvalue weighted by Gasteiger charge is -2.44. The Balaban J connectivity index is 2.60. The molecule has 0 spiro atoms. The summed E-state index contributed by atoms with van der Waals surface area (Å²) in [6, 6.07) is 2.23. The maximum atomic E-state index is 13.4. The van der Waals surface area contributed by atoms with Gasteiger partial charge in [-0.25, -0.2) is 4.79 Å².